The van der Waals surface area contributed by atoms with E-state index < -0.39 is 21.2 Å². The number of aryl methyl sites for hydroxylation is 1. The molecule has 0 radical (unpaired) electrons. The van der Waals surface area contributed by atoms with Crippen LogP contribution in [0, 0.1) is 12.3 Å². The van der Waals surface area contributed by atoms with Crippen molar-refractivity contribution in [2.45, 2.75) is 37.5 Å². The maximum Gasteiger partial charge on any atom is 0.317 e. The van der Waals surface area contributed by atoms with Crippen molar-refractivity contribution >= 4 is 15.8 Å². The maximum absolute atomic E-state index is 13.3. The van der Waals surface area contributed by atoms with E-state index in [9.17, 15) is 13.2 Å². The Kier molecular flexibility index (Phi) is 5.12. The lowest BCUT2D eigenvalue weighted by Crippen LogP contribution is -2.27. The van der Waals surface area contributed by atoms with Gasteiger partial charge in [0.2, 0.25) is 15.7 Å². The van der Waals surface area contributed by atoms with Crippen molar-refractivity contribution in [3.8, 4) is 11.6 Å². The van der Waals surface area contributed by atoms with Crippen LogP contribution in [0.5, 0.6) is 5.88 Å². The van der Waals surface area contributed by atoms with Gasteiger partial charge in [0.15, 0.2) is 4.90 Å². The second-order valence-electron chi connectivity index (χ2n) is 7.42. The van der Waals surface area contributed by atoms with Gasteiger partial charge in [0.25, 0.3) is 0 Å². The molecule has 0 amide bonds. The zero-order valence-corrected chi connectivity index (χ0v) is 17.0. The highest BCUT2D eigenvalue weighted by Crippen LogP contribution is 2.35. The lowest BCUT2D eigenvalue weighted by molar-refractivity contribution is -0.143. The Bertz CT molecular complexity index is 1100. The third-order valence-corrected chi connectivity index (χ3v) is 5.99. The fourth-order valence-electron chi connectivity index (χ4n) is 2.59. The third-order valence-electron chi connectivity index (χ3n) is 4.09. The highest BCUT2D eigenvalue weighted by molar-refractivity contribution is 7.91. The van der Waals surface area contributed by atoms with Crippen LogP contribution in [0.2, 0.25) is 0 Å². The van der Waals surface area contributed by atoms with E-state index in [2.05, 4.69) is 5.10 Å². The minimum absolute atomic E-state index is 0.104. The van der Waals surface area contributed by atoms with Crippen molar-refractivity contribution in [2.24, 2.45) is 5.41 Å². The van der Waals surface area contributed by atoms with Crippen LogP contribution in [0.15, 0.2) is 70.5 Å². The van der Waals surface area contributed by atoms with E-state index >= 15 is 0 Å². The summed E-state index contributed by atoms with van der Waals surface area (Å²) in [6.45, 7) is 6.70. The summed E-state index contributed by atoms with van der Waals surface area (Å²) in [5.41, 5.74) is 0.0363. The van der Waals surface area contributed by atoms with Crippen LogP contribution in [-0.4, -0.2) is 24.2 Å². The Labute approximate surface area is 164 Å². The summed E-state index contributed by atoms with van der Waals surface area (Å²) in [5.74, 6) is -0.651. The SMILES string of the molecule is Cc1nn(-c2ccccc2)c(OC(=O)C(C)(C)C)c1S(=O)(=O)c1ccccc1. The molecule has 0 saturated heterocycles. The molecule has 2 aromatic carbocycles. The number of carbonyl (C=O) groups excluding carboxylic acids is 1. The van der Waals surface area contributed by atoms with E-state index in [0.29, 0.717) is 5.69 Å². The maximum atomic E-state index is 13.3. The number of sulfone groups is 1. The Hall–Kier alpha value is -2.93. The van der Waals surface area contributed by atoms with Crippen molar-refractivity contribution in [1.29, 1.82) is 0 Å². The van der Waals surface area contributed by atoms with Crippen LogP contribution < -0.4 is 4.74 Å². The van der Waals surface area contributed by atoms with Gasteiger partial charge in [-0.2, -0.15) is 9.78 Å². The summed E-state index contributed by atoms with van der Waals surface area (Å²) >= 11 is 0. The van der Waals surface area contributed by atoms with E-state index in [0.717, 1.165) is 0 Å². The molecule has 28 heavy (non-hydrogen) atoms. The number of hydrogen-bond donors (Lipinski definition) is 0. The highest BCUT2D eigenvalue weighted by Gasteiger charge is 2.34. The summed E-state index contributed by atoms with van der Waals surface area (Å²) in [6, 6.07) is 17.0. The smallest absolute Gasteiger partial charge is 0.317 e. The zero-order valence-electron chi connectivity index (χ0n) is 16.2. The predicted molar refractivity (Wildman–Crippen MR) is 105 cm³/mol. The van der Waals surface area contributed by atoms with Crippen molar-refractivity contribution in [3.63, 3.8) is 0 Å². The Balaban J connectivity index is 2.25. The number of nitrogens with zero attached hydrogens (tertiary/aromatic N) is 2. The van der Waals surface area contributed by atoms with Crippen LogP contribution in [0.3, 0.4) is 0 Å². The molecule has 7 heteroatoms. The van der Waals surface area contributed by atoms with Crippen molar-refractivity contribution in [3.05, 3.63) is 66.4 Å². The minimum atomic E-state index is -3.94. The molecule has 1 aromatic heterocycles. The van der Waals surface area contributed by atoms with Gasteiger partial charge < -0.3 is 4.74 Å². The molecule has 3 rings (SSSR count). The minimum Gasteiger partial charge on any atom is -0.405 e. The number of hydrogen-bond acceptors (Lipinski definition) is 5. The van der Waals surface area contributed by atoms with Crippen LogP contribution in [0.4, 0.5) is 0 Å². The molecule has 6 nitrogen and oxygen atoms in total. The molecule has 0 aliphatic rings. The van der Waals surface area contributed by atoms with Crippen molar-refractivity contribution in [2.75, 3.05) is 0 Å². The normalized spacial score (nSPS) is 12.0. The molecule has 1 heterocycles. The Morgan fingerprint density at radius 2 is 1.50 bits per heavy atom. The van der Waals surface area contributed by atoms with Gasteiger partial charge in [-0.3, -0.25) is 4.79 Å². The monoisotopic (exact) mass is 398 g/mol. The molecule has 0 atom stereocenters. The molecule has 0 unspecified atom stereocenters. The van der Waals surface area contributed by atoms with Gasteiger partial charge in [0.05, 0.1) is 21.7 Å². The molecule has 3 aromatic rings. The molecular weight excluding hydrogens is 376 g/mol. The van der Waals surface area contributed by atoms with Gasteiger partial charge in [0.1, 0.15) is 0 Å². The first kappa shape index (κ1) is 19.8. The highest BCUT2D eigenvalue weighted by atomic mass is 32.2. The standard InChI is InChI=1S/C21H22N2O4S/c1-15-18(28(25,26)17-13-9-6-10-14-17)19(27-20(24)21(2,3)4)23(22-15)16-11-7-5-8-12-16/h5-14H,1-4H3. The number of aromatic nitrogens is 2. The molecule has 0 spiro atoms. The average Bonchev–Trinajstić information content (AvgIpc) is 2.99. The van der Waals surface area contributed by atoms with E-state index in [1.165, 1.54) is 16.8 Å². The number of ether oxygens (including phenoxy) is 1. The van der Waals surface area contributed by atoms with Gasteiger partial charge in [-0.05, 0) is 52.0 Å². The largest absolute Gasteiger partial charge is 0.405 e. The van der Waals surface area contributed by atoms with Crippen LogP contribution in [-0.2, 0) is 14.6 Å². The number of carbonyl (C=O) groups is 1. The summed E-state index contributed by atoms with van der Waals surface area (Å²) in [4.78, 5) is 12.6. The topological polar surface area (TPSA) is 78.3 Å². The second kappa shape index (κ2) is 7.24. The Morgan fingerprint density at radius 1 is 0.964 bits per heavy atom. The third kappa shape index (κ3) is 3.71. The van der Waals surface area contributed by atoms with Gasteiger partial charge in [-0.15, -0.1) is 0 Å². The molecule has 0 saturated carbocycles. The number of rotatable bonds is 4. The first-order valence-corrected chi connectivity index (χ1v) is 10.3. The first-order chi connectivity index (χ1) is 13.1. The quantitative estimate of drug-likeness (QED) is 0.622. The number of benzene rings is 2. The second-order valence-corrected chi connectivity index (χ2v) is 9.31. The fraction of sp³-hybridized carbons (Fsp3) is 0.238. The van der Waals surface area contributed by atoms with Gasteiger partial charge in [-0.1, -0.05) is 36.4 Å². The molecule has 0 N–H and O–H groups in total. The zero-order chi connectivity index (χ0) is 20.5. The van der Waals surface area contributed by atoms with Gasteiger partial charge >= 0.3 is 5.97 Å². The van der Waals surface area contributed by atoms with E-state index in [1.807, 2.05) is 6.07 Å². The molecule has 146 valence electrons. The van der Waals surface area contributed by atoms with E-state index in [4.69, 9.17) is 4.74 Å². The van der Waals surface area contributed by atoms with Crippen molar-refractivity contribution in [1.82, 2.24) is 9.78 Å². The van der Waals surface area contributed by atoms with E-state index in [-0.39, 0.29) is 21.4 Å². The van der Waals surface area contributed by atoms with Gasteiger partial charge in [-0.25, -0.2) is 8.42 Å². The summed E-state index contributed by atoms with van der Waals surface area (Å²) in [6.07, 6.45) is 0. The lowest BCUT2D eigenvalue weighted by atomic mass is 9.97. The molecule has 0 aliphatic heterocycles. The number of esters is 1. The predicted octanol–water partition coefficient (Wildman–Crippen LogP) is 3.97. The Morgan fingerprint density at radius 3 is 2.04 bits per heavy atom. The number of para-hydroxylation sites is 1. The molecule has 0 bridgehead atoms. The lowest BCUT2D eigenvalue weighted by Gasteiger charge is -2.18. The summed E-state index contributed by atoms with van der Waals surface area (Å²) < 4.78 is 33.6. The fourth-order valence-corrected chi connectivity index (χ4v) is 4.13. The molecule has 0 aliphatic carbocycles. The van der Waals surface area contributed by atoms with Crippen LogP contribution >= 0.6 is 0 Å². The first-order valence-electron chi connectivity index (χ1n) is 8.80. The summed E-state index contributed by atoms with van der Waals surface area (Å²) in [7, 11) is -3.94. The van der Waals surface area contributed by atoms with Gasteiger partial charge in [0, 0.05) is 0 Å². The van der Waals surface area contributed by atoms with E-state index in [1.54, 1.807) is 70.2 Å². The average molecular weight is 398 g/mol. The van der Waals surface area contributed by atoms with Crippen LogP contribution in [0.25, 0.3) is 5.69 Å². The molecule has 0 fully saturated rings. The van der Waals surface area contributed by atoms with Crippen LogP contribution in [0.1, 0.15) is 26.5 Å². The van der Waals surface area contributed by atoms with Crippen molar-refractivity contribution < 1.29 is 17.9 Å². The summed E-state index contributed by atoms with van der Waals surface area (Å²) in [5, 5.41) is 4.37. The molecular formula is C21H22N2O4S.